The van der Waals surface area contributed by atoms with E-state index in [0.717, 1.165) is 11.1 Å². The topological polar surface area (TPSA) is 58.2 Å². The lowest BCUT2D eigenvalue weighted by atomic mass is 9.91. The smallest absolute Gasteiger partial charge is 0.251 e. The summed E-state index contributed by atoms with van der Waals surface area (Å²) in [6.07, 6.45) is 2.89. The Kier molecular flexibility index (Phi) is 7.27. The number of carbonyl (C=O) groups is 2. The zero-order valence-electron chi connectivity index (χ0n) is 16.4. The fourth-order valence-electron chi connectivity index (χ4n) is 3.01. The van der Waals surface area contributed by atoms with Crippen LogP contribution in [0, 0.1) is 5.82 Å². The third kappa shape index (κ3) is 4.74. The minimum absolute atomic E-state index is 0.131. The molecular formula is C23H25FN2O2. The molecule has 2 aromatic rings. The molecule has 0 fully saturated rings. The van der Waals surface area contributed by atoms with Gasteiger partial charge in [0.15, 0.2) is 0 Å². The summed E-state index contributed by atoms with van der Waals surface area (Å²) >= 11 is 0. The highest BCUT2D eigenvalue weighted by molar-refractivity contribution is 6.20. The van der Waals surface area contributed by atoms with Gasteiger partial charge < -0.3 is 10.6 Å². The van der Waals surface area contributed by atoms with Crippen LogP contribution in [0.4, 0.5) is 4.39 Å². The van der Waals surface area contributed by atoms with Crippen molar-refractivity contribution in [3.8, 4) is 0 Å². The summed E-state index contributed by atoms with van der Waals surface area (Å²) in [6, 6.07) is 12.1. The van der Waals surface area contributed by atoms with Gasteiger partial charge in [-0.1, -0.05) is 36.9 Å². The number of halogens is 1. The van der Waals surface area contributed by atoms with E-state index in [1.54, 1.807) is 44.3 Å². The summed E-state index contributed by atoms with van der Waals surface area (Å²) in [5.41, 5.74) is 3.56. The number of allylic oxidation sites excluding steroid dienone is 2. The maximum Gasteiger partial charge on any atom is 0.251 e. The SMILES string of the molecule is C=C(CCc1ccc(C(=O)NC)cc1)c1cccc(F)c1C(=CC)C(=O)NC. The van der Waals surface area contributed by atoms with Crippen molar-refractivity contribution in [1.82, 2.24) is 10.6 Å². The van der Waals surface area contributed by atoms with Crippen molar-refractivity contribution in [2.24, 2.45) is 0 Å². The van der Waals surface area contributed by atoms with E-state index in [1.807, 2.05) is 12.1 Å². The van der Waals surface area contributed by atoms with E-state index < -0.39 is 5.82 Å². The van der Waals surface area contributed by atoms with Gasteiger partial charge in [0, 0.05) is 30.8 Å². The van der Waals surface area contributed by atoms with Crippen LogP contribution in [-0.4, -0.2) is 25.9 Å². The summed E-state index contributed by atoms with van der Waals surface area (Å²) < 4.78 is 14.6. The summed E-state index contributed by atoms with van der Waals surface area (Å²) in [6.45, 7) is 5.82. The Labute approximate surface area is 165 Å². The molecule has 2 rings (SSSR count). The van der Waals surface area contributed by atoms with Gasteiger partial charge in [0.1, 0.15) is 5.82 Å². The van der Waals surface area contributed by atoms with E-state index in [4.69, 9.17) is 0 Å². The predicted molar refractivity (Wildman–Crippen MR) is 111 cm³/mol. The summed E-state index contributed by atoms with van der Waals surface area (Å²) in [7, 11) is 3.11. The van der Waals surface area contributed by atoms with Crippen molar-refractivity contribution < 1.29 is 14.0 Å². The Balaban J connectivity index is 2.22. The van der Waals surface area contributed by atoms with Crippen molar-refractivity contribution in [3.63, 3.8) is 0 Å². The van der Waals surface area contributed by atoms with Gasteiger partial charge in [-0.25, -0.2) is 4.39 Å². The fraction of sp³-hybridized carbons (Fsp3) is 0.217. The van der Waals surface area contributed by atoms with E-state index >= 15 is 0 Å². The molecule has 0 heterocycles. The van der Waals surface area contributed by atoms with Crippen LogP contribution in [0.5, 0.6) is 0 Å². The van der Waals surface area contributed by atoms with Gasteiger partial charge in [0.2, 0.25) is 0 Å². The maximum atomic E-state index is 14.6. The Morgan fingerprint density at radius 1 is 1.07 bits per heavy atom. The van der Waals surface area contributed by atoms with Crippen LogP contribution in [0.25, 0.3) is 11.1 Å². The van der Waals surface area contributed by atoms with E-state index in [0.29, 0.717) is 24.0 Å². The summed E-state index contributed by atoms with van der Waals surface area (Å²) in [4.78, 5) is 23.8. The Morgan fingerprint density at radius 2 is 1.75 bits per heavy atom. The molecule has 0 aliphatic heterocycles. The Morgan fingerprint density at radius 3 is 2.32 bits per heavy atom. The quantitative estimate of drug-likeness (QED) is 0.714. The van der Waals surface area contributed by atoms with Crippen molar-refractivity contribution in [2.75, 3.05) is 14.1 Å². The number of nitrogens with one attached hydrogen (secondary N) is 2. The lowest BCUT2D eigenvalue weighted by Gasteiger charge is -2.15. The highest BCUT2D eigenvalue weighted by atomic mass is 19.1. The van der Waals surface area contributed by atoms with Crippen molar-refractivity contribution >= 4 is 23.0 Å². The minimum atomic E-state index is -0.453. The first-order chi connectivity index (χ1) is 13.4. The number of carbonyl (C=O) groups excluding carboxylic acids is 2. The predicted octanol–water partition coefficient (Wildman–Crippen LogP) is 3.98. The normalized spacial score (nSPS) is 11.1. The molecule has 0 atom stereocenters. The third-order valence-corrected chi connectivity index (χ3v) is 4.58. The highest BCUT2D eigenvalue weighted by Crippen LogP contribution is 2.30. The molecule has 4 nitrogen and oxygen atoms in total. The molecule has 28 heavy (non-hydrogen) atoms. The molecular weight excluding hydrogens is 355 g/mol. The van der Waals surface area contributed by atoms with Crippen molar-refractivity contribution in [1.29, 1.82) is 0 Å². The number of amides is 2. The second kappa shape index (κ2) is 9.65. The van der Waals surface area contributed by atoms with Gasteiger partial charge in [-0.15, -0.1) is 0 Å². The maximum absolute atomic E-state index is 14.6. The molecule has 0 aliphatic carbocycles. The molecule has 0 aromatic heterocycles. The largest absolute Gasteiger partial charge is 0.355 e. The number of likely N-dealkylation sites (N-methyl/N-ethyl adjacent to an activating group) is 1. The highest BCUT2D eigenvalue weighted by Gasteiger charge is 2.19. The number of hydrogen-bond acceptors (Lipinski definition) is 2. The molecule has 2 amide bonds. The number of benzene rings is 2. The standard InChI is InChI=1S/C23H25FN2O2/c1-5-18(23(28)26-4)21-19(7-6-8-20(21)24)15(2)9-10-16-11-13-17(14-12-16)22(27)25-3/h5-8,11-14H,2,9-10H2,1,3-4H3,(H,25,27)(H,26,28). The molecule has 0 spiro atoms. The molecule has 2 N–H and O–H groups in total. The molecule has 0 aliphatic rings. The van der Waals surface area contributed by atoms with E-state index in [-0.39, 0.29) is 23.0 Å². The second-order valence-electron chi connectivity index (χ2n) is 6.32. The molecule has 0 unspecified atom stereocenters. The monoisotopic (exact) mass is 380 g/mol. The van der Waals surface area contributed by atoms with E-state index in [1.165, 1.54) is 13.1 Å². The van der Waals surface area contributed by atoms with Crippen LogP contribution < -0.4 is 10.6 Å². The molecule has 5 heteroatoms. The molecule has 0 bridgehead atoms. The molecule has 2 aromatic carbocycles. The Bertz CT molecular complexity index is 915. The number of hydrogen-bond donors (Lipinski definition) is 2. The van der Waals surface area contributed by atoms with Crippen molar-refractivity contribution in [2.45, 2.75) is 19.8 Å². The van der Waals surface area contributed by atoms with E-state index in [2.05, 4.69) is 17.2 Å². The molecule has 146 valence electrons. The molecule has 0 saturated heterocycles. The third-order valence-electron chi connectivity index (χ3n) is 4.58. The zero-order chi connectivity index (χ0) is 20.7. The lowest BCUT2D eigenvalue weighted by Crippen LogP contribution is -2.20. The second-order valence-corrected chi connectivity index (χ2v) is 6.32. The zero-order valence-corrected chi connectivity index (χ0v) is 16.4. The minimum Gasteiger partial charge on any atom is -0.355 e. The van der Waals surface area contributed by atoms with Gasteiger partial charge in [0.05, 0.1) is 0 Å². The van der Waals surface area contributed by atoms with Crippen LogP contribution >= 0.6 is 0 Å². The van der Waals surface area contributed by atoms with Crippen LogP contribution in [-0.2, 0) is 11.2 Å². The fourth-order valence-corrected chi connectivity index (χ4v) is 3.01. The van der Waals surface area contributed by atoms with Crippen LogP contribution in [0.15, 0.2) is 55.1 Å². The van der Waals surface area contributed by atoms with Crippen molar-refractivity contribution in [3.05, 3.63) is 83.2 Å². The number of rotatable bonds is 7. The summed E-state index contributed by atoms with van der Waals surface area (Å²) in [5.74, 6) is -0.926. The van der Waals surface area contributed by atoms with Gasteiger partial charge in [0.25, 0.3) is 11.8 Å². The van der Waals surface area contributed by atoms with Crippen LogP contribution in [0.2, 0.25) is 0 Å². The van der Waals surface area contributed by atoms with E-state index in [9.17, 15) is 14.0 Å². The Hall–Kier alpha value is -3.21. The first-order valence-corrected chi connectivity index (χ1v) is 9.09. The average Bonchev–Trinajstić information content (AvgIpc) is 2.73. The molecule has 0 radical (unpaired) electrons. The van der Waals surface area contributed by atoms with Crippen LogP contribution in [0.3, 0.4) is 0 Å². The van der Waals surface area contributed by atoms with Gasteiger partial charge in [-0.05, 0) is 54.7 Å². The van der Waals surface area contributed by atoms with Gasteiger partial charge in [-0.3, -0.25) is 9.59 Å². The summed E-state index contributed by atoms with van der Waals surface area (Å²) in [5, 5.41) is 5.14. The average molecular weight is 380 g/mol. The number of aryl methyl sites for hydroxylation is 1. The van der Waals surface area contributed by atoms with Gasteiger partial charge in [-0.2, -0.15) is 0 Å². The van der Waals surface area contributed by atoms with Crippen LogP contribution in [0.1, 0.15) is 40.4 Å². The molecule has 0 saturated carbocycles. The lowest BCUT2D eigenvalue weighted by molar-refractivity contribution is -0.115. The first kappa shape index (κ1) is 21.1. The first-order valence-electron chi connectivity index (χ1n) is 9.09. The van der Waals surface area contributed by atoms with Gasteiger partial charge >= 0.3 is 0 Å².